The third-order valence-electron chi connectivity index (χ3n) is 10.5. The molecule has 1 atom stereocenters. The highest BCUT2D eigenvalue weighted by atomic mass is 32.2. The summed E-state index contributed by atoms with van der Waals surface area (Å²) >= 11 is 0. The molecule has 0 aromatic heterocycles. The number of esters is 1. The van der Waals surface area contributed by atoms with Crippen molar-refractivity contribution < 1.29 is 46.6 Å². The van der Waals surface area contributed by atoms with Gasteiger partial charge in [0, 0.05) is 38.6 Å². The summed E-state index contributed by atoms with van der Waals surface area (Å²) in [5, 5.41) is 4.74. The van der Waals surface area contributed by atoms with Gasteiger partial charge in [0.05, 0.1) is 18.9 Å². The Bertz CT molecular complexity index is 1300. The maximum atomic E-state index is 13.6. The predicted molar refractivity (Wildman–Crippen MR) is 204 cm³/mol. The van der Waals surface area contributed by atoms with Crippen LogP contribution in [0.2, 0.25) is 0 Å². The van der Waals surface area contributed by atoms with E-state index in [9.17, 15) is 32.4 Å². The largest absolute Gasteiger partial charge is 0.468 e. The second kappa shape index (κ2) is 20.7. The SMILES string of the molecule is COC(=O)C(CNC(=O)CNC(=O)C(CCC1CCN(C(=O)OC(C)(C)C)CC1)CCC1CCN(C(=O)OC(C)(C)C)CC1)NS(=O)(=O)C1CCCCC1. The lowest BCUT2D eigenvalue weighted by atomic mass is 9.84. The van der Waals surface area contributed by atoms with Crippen LogP contribution in [0.15, 0.2) is 0 Å². The van der Waals surface area contributed by atoms with Crippen molar-refractivity contribution in [1.82, 2.24) is 25.2 Å². The molecule has 3 rings (SSSR count). The quantitative estimate of drug-likeness (QED) is 0.158. The lowest BCUT2D eigenvalue weighted by Crippen LogP contribution is -2.52. The van der Waals surface area contributed by atoms with E-state index in [0.29, 0.717) is 63.7 Å². The number of ether oxygens (including phenoxy) is 3. The summed E-state index contributed by atoms with van der Waals surface area (Å²) < 4.78 is 44.2. The fourth-order valence-electron chi connectivity index (χ4n) is 7.32. The number of carbonyl (C=O) groups is 5. The first-order chi connectivity index (χ1) is 25.3. The van der Waals surface area contributed by atoms with E-state index in [1.165, 1.54) is 0 Å². The number of hydrogen-bond acceptors (Lipinski definition) is 10. The molecule has 4 amide bonds. The first kappa shape index (κ1) is 45.3. The van der Waals surface area contributed by atoms with Crippen LogP contribution < -0.4 is 15.4 Å². The molecule has 1 saturated carbocycles. The predicted octanol–water partition coefficient (Wildman–Crippen LogP) is 4.48. The lowest BCUT2D eigenvalue weighted by molar-refractivity contribution is -0.142. The van der Waals surface area contributed by atoms with Gasteiger partial charge in [-0.1, -0.05) is 19.3 Å². The van der Waals surface area contributed by atoms with Crippen molar-refractivity contribution >= 4 is 40.0 Å². The molecule has 15 nitrogen and oxygen atoms in total. The van der Waals surface area contributed by atoms with Crippen molar-refractivity contribution in [2.45, 2.75) is 148 Å². The fraction of sp³-hybridized carbons (Fsp3) is 0.868. The molecule has 2 saturated heterocycles. The monoisotopic (exact) mass is 785 g/mol. The summed E-state index contributed by atoms with van der Waals surface area (Å²) in [7, 11) is -2.65. The van der Waals surface area contributed by atoms with Gasteiger partial charge in [-0.15, -0.1) is 0 Å². The zero-order valence-corrected chi connectivity index (χ0v) is 34.5. The number of rotatable bonds is 15. The molecule has 16 heteroatoms. The summed E-state index contributed by atoms with van der Waals surface area (Å²) in [6.45, 7) is 12.8. The van der Waals surface area contributed by atoms with Gasteiger partial charge < -0.3 is 34.6 Å². The average Bonchev–Trinajstić information content (AvgIpc) is 3.11. The molecule has 310 valence electrons. The van der Waals surface area contributed by atoms with Crippen molar-refractivity contribution in [1.29, 1.82) is 0 Å². The Hall–Kier alpha value is -3.14. The van der Waals surface area contributed by atoms with Crippen LogP contribution in [0.4, 0.5) is 9.59 Å². The number of sulfonamides is 1. The standard InChI is InChI=1S/C38H67N5O10S/c1-37(2,3)52-35(47)42-21-17-27(18-22-42)13-15-29(16-14-28-19-23-43(24-20-28)36(48)53-38(4,5)6)33(45)40-26-32(44)39-25-31(34(46)51-7)41-54(49,50)30-11-9-8-10-12-30/h27-31,41H,8-26H2,1-7H3,(H,39,44)(H,40,45). The Labute approximate surface area is 322 Å². The molecule has 0 radical (unpaired) electrons. The third-order valence-corrected chi connectivity index (χ3v) is 12.4. The number of amides is 4. The minimum absolute atomic E-state index is 0.245. The van der Waals surface area contributed by atoms with Crippen molar-refractivity contribution in [3.05, 3.63) is 0 Å². The zero-order valence-electron chi connectivity index (χ0n) is 33.7. The van der Waals surface area contributed by atoms with Crippen LogP contribution in [-0.4, -0.2) is 117 Å². The topological polar surface area (TPSA) is 190 Å². The van der Waals surface area contributed by atoms with Crippen LogP contribution in [0.3, 0.4) is 0 Å². The van der Waals surface area contributed by atoms with Gasteiger partial charge in [-0.3, -0.25) is 14.4 Å². The molecule has 3 aliphatic rings. The molecule has 3 fully saturated rings. The second-order valence-corrected chi connectivity index (χ2v) is 19.2. The number of methoxy groups -OCH3 is 1. The smallest absolute Gasteiger partial charge is 0.410 e. The minimum Gasteiger partial charge on any atom is -0.468 e. The third kappa shape index (κ3) is 15.9. The van der Waals surface area contributed by atoms with Crippen LogP contribution in [-0.2, 0) is 38.6 Å². The van der Waals surface area contributed by atoms with Crippen molar-refractivity contribution in [2.75, 3.05) is 46.4 Å². The molecule has 0 aromatic rings. The Morgan fingerprint density at radius 3 is 1.59 bits per heavy atom. The van der Waals surface area contributed by atoms with E-state index >= 15 is 0 Å². The van der Waals surface area contributed by atoms with Gasteiger partial charge in [0.1, 0.15) is 17.2 Å². The van der Waals surface area contributed by atoms with Crippen LogP contribution in [0, 0.1) is 17.8 Å². The van der Waals surface area contributed by atoms with Crippen LogP contribution >= 0.6 is 0 Å². The van der Waals surface area contributed by atoms with E-state index in [0.717, 1.165) is 64.9 Å². The van der Waals surface area contributed by atoms with Gasteiger partial charge >= 0.3 is 18.2 Å². The fourth-order valence-corrected chi connectivity index (χ4v) is 9.04. The number of likely N-dealkylation sites (tertiary alicyclic amines) is 2. The van der Waals surface area contributed by atoms with E-state index in [1.807, 2.05) is 41.5 Å². The minimum atomic E-state index is -3.81. The summed E-state index contributed by atoms with van der Waals surface area (Å²) in [5.41, 5.74) is -1.13. The Morgan fingerprint density at radius 2 is 1.17 bits per heavy atom. The highest BCUT2D eigenvalue weighted by molar-refractivity contribution is 7.90. The van der Waals surface area contributed by atoms with E-state index in [-0.39, 0.29) is 37.1 Å². The number of nitrogens with zero attached hydrogens (tertiary/aromatic N) is 2. The van der Waals surface area contributed by atoms with E-state index in [4.69, 9.17) is 14.2 Å². The number of piperidine rings is 2. The molecule has 0 bridgehead atoms. The molecular formula is C38H67N5O10S. The maximum absolute atomic E-state index is 13.6. The van der Waals surface area contributed by atoms with Crippen LogP contribution in [0.1, 0.15) is 125 Å². The Balaban J connectivity index is 1.55. The van der Waals surface area contributed by atoms with Gasteiger partial charge in [0.15, 0.2) is 0 Å². The Kier molecular flexibility index (Phi) is 17.3. The van der Waals surface area contributed by atoms with Gasteiger partial charge in [0.2, 0.25) is 21.8 Å². The lowest BCUT2D eigenvalue weighted by Gasteiger charge is -2.34. The maximum Gasteiger partial charge on any atom is 0.410 e. The van der Waals surface area contributed by atoms with E-state index in [2.05, 4.69) is 15.4 Å². The first-order valence-corrected chi connectivity index (χ1v) is 21.4. The number of hydrogen-bond donors (Lipinski definition) is 3. The van der Waals surface area contributed by atoms with E-state index < -0.39 is 44.4 Å². The van der Waals surface area contributed by atoms with Crippen molar-refractivity contribution in [3.8, 4) is 0 Å². The van der Waals surface area contributed by atoms with Gasteiger partial charge in [0.25, 0.3) is 0 Å². The molecule has 1 aliphatic carbocycles. The molecule has 0 spiro atoms. The molecule has 54 heavy (non-hydrogen) atoms. The van der Waals surface area contributed by atoms with Gasteiger partial charge in [-0.25, -0.2) is 18.0 Å². The normalized spacial score (nSPS) is 18.9. The molecule has 0 aromatic carbocycles. The second-order valence-electron chi connectivity index (χ2n) is 17.2. The number of carbonyl (C=O) groups excluding carboxylic acids is 5. The van der Waals surface area contributed by atoms with Crippen LogP contribution in [0.25, 0.3) is 0 Å². The van der Waals surface area contributed by atoms with Gasteiger partial charge in [-0.2, -0.15) is 4.72 Å². The molecule has 2 heterocycles. The molecule has 3 N–H and O–H groups in total. The van der Waals surface area contributed by atoms with Crippen LogP contribution in [0.5, 0.6) is 0 Å². The van der Waals surface area contributed by atoms with Crippen molar-refractivity contribution in [3.63, 3.8) is 0 Å². The summed E-state index contributed by atoms with van der Waals surface area (Å²) in [6.07, 6.45) is 9.05. The van der Waals surface area contributed by atoms with Crippen molar-refractivity contribution in [2.24, 2.45) is 17.8 Å². The summed E-state index contributed by atoms with van der Waals surface area (Å²) in [4.78, 5) is 67.5. The Morgan fingerprint density at radius 1 is 0.704 bits per heavy atom. The summed E-state index contributed by atoms with van der Waals surface area (Å²) in [6, 6.07) is -1.29. The van der Waals surface area contributed by atoms with E-state index in [1.54, 1.807) is 9.80 Å². The first-order valence-electron chi connectivity index (χ1n) is 19.9. The highest BCUT2D eigenvalue weighted by Gasteiger charge is 2.34. The van der Waals surface area contributed by atoms with Gasteiger partial charge in [-0.05, 0) is 118 Å². The summed E-state index contributed by atoms with van der Waals surface area (Å²) in [5.74, 6) is -1.29. The average molecular weight is 786 g/mol. The molecule has 1 unspecified atom stereocenters. The molecular weight excluding hydrogens is 719 g/mol. The number of nitrogens with one attached hydrogen (secondary N) is 3. The highest BCUT2D eigenvalue weighted by Crippen LogP contribution is 2.30. The molecule has 2 aliphatic heterocycles. The zero-order chi connectivity index (χ0) is 40.1.